The first kappa shape index (κ1) is 24.9. The summed E-state index contributed by atoms with van der Waals surface area (Å²) in [4.78, 5) is 4.69. The van der Waals surface area contributed by atoms with Gasteiger partial charge in [-0.1, -0.05) is 30.3 Å². The molecule has 10 heteroatoms. The van der Waals surface area contributed by atoms with Crippen LogP contribution in [0.5, 0.6) is 0 Å². The SMILES string of the molecule is C=NN1CCCC(c2ccccc2CC(F)(F)F)/C1=N/CNC(C)/C=C/Nc1cc(C)ns1. The van der Waals surface area contributed by atoms with Crippen LogP contribution in [0, 0.1) is 6.92 Å². The van der Waals surface area contributed by atoms with Gasteiger partial charge in [0, 0.05) is 25.2 Å². The van der Waals surface area contributed by atoms with Gasteiger partial charge in [0.05, 0.1) is 18.8 Å². The molecule has 0 aliphatic carbocycles. The standard InChI is InChI=1S/C23H29F3N6S/c1-16(10-11-28-21-13-17(2)31-33-21)29-15-30-22-20(9-6-12-32(22)27-3)19-8-5-4-7-18(19)14-23(24,25)26/h4-5,7-8,10-11,13,16,20,28-29H,3,6,9,12,14-15H2,1-2H3/b11-10+,30-22-. The van der Waals surface area contributed by atoms with Gasteiger partial charge in [-0.25, -0.2) is 0 Å². The number of aromatic nitrogens is 1. The van der Waals surface area contributed by atoms with E-state index in [-0.39, 0.29) is 17.5 Å². The van der Waals surface area contributed by atoms with Crippen molar-refractivity contribution in [3.8, 4) is 0 Å². The van der Waals surface area contributed by atoms with Crippen LogP contribution in [0.1, 0.15) is 42.5 Å². The number of nitrogens with zero attached hydrogens (tertiary/aromatic N) is 4. The second-order valence-corrected chi connectivity index (χ2v) is 8.76. The second kappa shape index (κ2) is 11.4. The molecule has 0 spiro atoms. The number of halogens is 3. The lowest BCUT2D eigenvalue weighted by Gasteiger charge is -2.33. The summed E-state index contributed by atoms with van der Waals surface area (Å²) in [6.45, 7) is 8.52. The van der Waals surface area contributed by atoms with E-state index < -0.39 is 12.6 Å². The van der Waals surface area contributed by atoms with E-state index in [0.717, 1.165) is 17.1 Å². The Morgan fingerprint density at radius 1 is 1.36 bits per heavy atom. The number of rotatable bonds is 9. The van der Waals surface area contributed by atoms with Crippen molar-refractivity contribution in [3.05, 3.63) is 59.4 Å². The van der Waals surface area contributed by atoms with Crippen molar-refractivity contribution in [2.24, 2.45) is 10.1 Å². The Morgan fingerprint density at radius 3 is 2.85 bits per heavy atom. The van der Waals surface area contributed by atoms with Crippen molar-refractivity contribution >= 4 is 29.1 Å². The number of hydrogen-bond donors (Lipinski definition) is 2. The molecule has 1 aromatic carbocycles. The fraction of sp³-hybridized carbons (Fsp3) is 0.435. The van der Waals surface area contributed by atoms with E-state index >= 15 is 0 Å². The maximum atomic E-state index is 13.1. The number of amidine groups is 1. The zero-order valence-electron chi connectivity index (χ0n) is 18.8. The first-order chi connectivity index (χ1) is 15.8. The molecule has 0 bridgehead atoms. The Morgan fingerprint density at radius 2 is 2.15 bits per heavy atom. The summed E-state index contributed by atoms with van der Waals surface area (Å²) in [5, 5.41) is 13.2. The maximum Gasteiger partial charge on any atom is 0.393 e. The molecule has 2 atom stereocenters. The second-order valence-electron chi connectivity index (χ2n) is 7.95. The molecule has 178 valence electrons. The van der Waals surface area contributed by atoms with Crippen LogP contribution in [0.2, 0.25) is 0 Å². The van der Waals surface area contributed by atoms with Gasteiger partial charge in [0.1, 0.15) is 10.8 Å². The highest BCUT2D eigenvalue weighted by Crippen LogP contribution is 2.34. The van der Waals surface area contributed by atoms with E-state index in [4.69, 9.17) is 4.99 Å². The predicted octanol–water partition coefficient (Wildman–Crippen LogP) is 5.31. The zero-order valence-corrected chi connectivity index (χ0v) is 19.6. The summed E-state index contributed by atoms with van der Waals surface area (Å²) < 4.78 is 43.6. The van der Waals surface area contributed by atoms with Gasteiger partial charge in [0.15, 0.2) is 0 Å². The molecule has 1 saturated heterocycles. The van der Waals surface area contributed by atoms with Crippen LogP contribution in [0.25, 0.3) is 0 Å². The molecular formula is C23H29F3N6S. The molecule has 0 amide bonds. The molecule has 1 aliphatic heterocycles. The van der Waals surface area contributed by atoms with Gasteiger partial charge in [-0.3, -0.25) is 15.3 Å². The minimum atomic E-state index is -4.27. The van der Waals surface area contributed by atoms with Gasteiger partial charge in [-0.05, 0) is 61.6 Å². The molecule has 0 radical (unpaired) electrons. The maximum absolute atomic E-state index is 13.1. The number of anilines is 1. The fourth-order valence-corrected chi connectivity index (χ4v) is 4.43. The van der Waals surface area contributed by atoms with Crippen LogP contribution in [0.3, 0.4) is 0 Å². The summed E-state index contributed by atoms with van der Waals surface area (Å²) in [5.41, 5.74) is 1.90. The molecule has 1 aliphatic rings. The van der Waals surface area contributed by atoms with Gasteiger partial charge in [-0.15, -0.1) is 0 Å². The Bertz CT molecular complexity index is 985. The van der Waals surface area contributed by atoms with Crippen molar-refractivity contribution in [2.75, 3.05) is 18.5 Å². The zero-order chi connectivity index (χ0) is 23.8. The van der Waals surface area contributed by atoms with Crippen molar-refractivity contribution in [2.45, 2.75) is 51.2 Å². The average Bonchev–Trinajstić information content (AvgIpc) is 3.18. The van der Waals surface area contributed by atoms with E-state index in [0.29, 0.717) is 31.0 Å². The number of piperidine rings is 1. The van der Waals surface area contributed by atoms with E-state index in [9.17, 15) is 13.2 Å². The Hall–Kier alpha value is -2.72. The van der Waals surface area contributed by atoms with E-state index in [1.54, 1.807) is 29.3 Å². The number of hydrogen-bond acceptors (Lipinski definition) is 6. The quantitative estimate of drug-likeness (QED) is 0.480. The number of aliphatic imine (C=N–C) groups is 1. The molecule has 0 saturated carbocycles. The summed E-state index contributed by atoms with van der Waals surface area (Å²) >= 11 is 1.40. The third-order valence-electron chi connectivity index (χ3n) is 5.32. The molecule has 3 rings (SSSR count). The lowest BCUT2D eigenvalue weighted by Crippen LogP contribution is -2.38. The molecule has 1 fully saturated rings. The Balaban J connectivity index is 1.70. The van der Waals surface area contributed by atoms with Crippen LogP contribution in [-0.4, -0.2) is 47.4 Å². The third kappa shape index (κ3) is 7.40. The highest BCUT2D eigenvalue weighted by Gasteiger charge is 2.33. The smallest absolute Gasteiger partial charge is 0.353 e. The van der Waals surface area contributed by atoms with Crippen LogP contribution in [0.15, 0.2) is 52.7 Å². The number of aryl methyl sites for hydroxylation is 1. The molecule has 6 nitrogen and oxygen atoms in total. The van der Waals surface area contributed by atoms with Gasteiger partial charge in [-0.2, -0.15) is 22.6 Å². The van der Waals surface area contributed by atoms with Crippen LogP contribution in [0.4, 0.5) is 18.2 Å². The average molecular weight is 479 g/mol. The predicted molar refractivity (Wildman–Crippen MR) is 129 cm³/mol. The van der Waals surface area contributed by atoms with Crippen molar-refractivity contribution in [1.29, 1.82) is 0 Å². The number of hydrazone groups is 1. The lowest BCUT2D eigenvalue weighted by atomic mass is 9.86. The van der Waals surface area contributed by atoms with Gasteiger partial charge in [0.2, 0.25) is 0 Å². The minimum absolute atomic E-state index is 0.0283. The number of benzene rings is 1. The summed E-state index contributed by atoms with van der Waals surface area (Å²) in [6.07, 6.45) is 0.113. The normalized spacial score (nSPS) is 19.2. The highest BCUT2D eigenvalue weighted by molar-refractivity contribution is 7.10. The number of nitrogens with one attached hydrogen (secondary N) is 2. The molecule has 33 heavy (non-hydrogen) atoms. The van der Waals surface area contributed by atoms with E-state index in [2.05, 4.69) is 26.8 Å². The van der Waals surface area contributed by atoms with Gasteiger partial charge >= 0.3 is 6.18 Å². The Labute approximate surface area is 196 Å². The Kier molecular flexibility index (Phi) is 8.62. The lowest BCUT2D eigenvalue weighted by molar-refractivity contribution is -0.127. The molecule has 2 unspecified atom stereocenters. The van der Waals surface area contributed by atoms with Crippen molar-refractivity contribution in [3.63, 3.8) is 0 Å². The topological polar surface area (TPSA) is 64.9 Å². The third-order valence-corrected chi connectivity index (χ3v) is 6.14. The molecule has 2 heterocycles. The monoisotopic (exact) mass is 478 g/mol. The van der Waals surface area contributed by atoms with E-state index in [1.807, 2.05) is 32.2 Å². The van der Waals surface area contributed by atoms with Crippen LogP contribution in [-0.2, 0) is 6.42 Å². The van der Waals surface area contributed by atoms with Crippen molar-refractivity contribution in [1.82, 2.24) is 14.7 Å². The molecule has 2 N–H and O–H groups in total. The largest absolute Gasteiger partial charge is 0.393 e. The number of alkyl halides is 3. The van der Waals surface area contributed by atoms with Gasteiger partial charge in [0.25, 0.3) is 0 Å². The first-order valence-corrected chi connectivity index (χ1v) is 11.6. The molecule has 2 aromatic rings. The molecule has 1 aromatic heterocycles. The van der Waals surface area contributed by atoms with Crippen molar-refractivity contribution < 1.29 is 13.2 Å². The van der Waals surface area contributed by atoms with Gasteiger partial charge < -0.3 is 5.32 Å². The first-order valence-electron chi connectivity index (χ1n) is 10.8. The summed E-state index contributed by atoms with van der Waals surface area (Å²) in [6, 6.07) is 8.72. The molecular weight excluding hydrogens is 449 g/mol. The summed E-state index contributed by atoms with van der Waals surface area (Å²) in [5.74, 6) is 0.388. The van der Waals surface area contributed by atoms with Crippen LogP contribution >= 0.6 is 11.5 Å². The highest BCUT2D eigenvalue weighted by atomic mass is 32.1. The fourth-order valence-electron chi connectivity index (χ4n) is 3.79. The van der Waals surface area contributed by atoms with E-state index in [1.165, 1.54) is 11.5 Å². The minimum Gasteiger partial charge on any atom is -0.353 e. The van der Waals surface area contributed by atoms with Crippen LogP contribution < -0.4 is 10.6 Å². The summed E-state index contributed by atoms with van der Waals surface area (Å²) in [7, 11) is 0.